The van der Waals surface area contributed by atoms with Gasteiger partial charge in [-0.3, -0.25) is 0 Å². The molecule has 2 aromatic carbocycles. The molecule has 0 aromatic heterocycles. The Morgan fingerprint density at radius 3 is 2.35 bits per heavy atom. The number of nitrogens with one attached hydrogen (secondary N) is 1. The first kappa shape index (κ1) is 14.7. The Labute approximate surface area is 120 Å². The molecule has 2 aromatic rings. The van der Waals surface area contributed by atoms with E-state index in [1.165, 1.54) is 16.7 Å². The molecule has 2 heteroatoms. The summed E-state index contributed by atoms with van der Waals surface area (Å²) in [7, 11) is 0. The SMILES string of the molecule is CCNC(Cc1ccc(C)cc1)c1ccc(F)cc1C. The number of hydrogen-bond donors (Lipinski definition) is 1. The van der Waals surface area contributed by atoms with Gasteiger partial charge in [0.25, 0.3) is 0 Å². The Kier molecular flexibility index (Phi) is 4.91. The smallest absolute Gasteiger partial charge is 0.123 e. The maximum atomic E-state index is 13.2. The van der Waals surface area contributed by atoms with E-state index in [9.17, 15) is 4.39 Å². The highest BCUT2D eigenvalue weighted by molar-refractivity contribution is 5.32. The number of aryl methyl sites for hydroxylation is 2. The summed E-state index contributed by atoms with van der Waals surface area (Å²) in [6.45, 7) is 7.06. The minimum atomic E-state index is -0.170. The Morgan fingerprint density at radius 1 is 1.05 bits per heavy atom. The lowest BCUT2D eigenvalue weighted by Gasteiger charge is -2.20. The van der Waals surface area contributed by atoms with Crippen LogP contribution in [0, 0.1) is 19.7 Å². The second kappa shape index (κ2) is 6.67. The van der Waals surface area contributed by atoms with E-state index in [1.54, 1.807) is 12.1 Å². The molecular formula is C18H22FN. The van der Waals surface area contributed by atoms with Gasteiger partial charge in [0.15, 0.2) is 0 Å². The van der Waals surface area contributed by atoms with Crippen molar-refractivity contribution in [1.82, 2.24) is 5.32 Å². The van der Waals surface area contributed by atoms with Crippen LogP contribution in [0.15, 0.2) is 42.5 Å². The van der Waals surface area contributed by atoms with E-state index in [0.717, 1.165) is 18.5 Å². The summed E-state index contributed by atoms with van der Waals surface area (Å²) in [6.07, 6.45) is 0.917. The number of halogens is 1. The molecule has 0 aliphatic carbocycles. The second-order valence-electron chi connectivity index (χ2n) is 5.30. The van der Waals surface area contributed by atoms with E-state index in [1.807, 2.05) is 13.0 Å². The van der Waals surface area contributed by atoms with Gasteiger partial charge in [-0.05, 0) is 55.6 Å². The van der Waals surface area contributed by atoms with E-state index in [2.05, 4.69) is 43.4 Å². The molecule has 0 saturated carbocycles. The topological polar surface area (TPSA) is 12.0 Å². The molecule has 1 unspecified atom stereocenters. The molecule has 0 aliphatic rings. The first-order valence-electron chi connectivity index (χ1n) is 7.15. The van der Waals surface area contributed by atoms with Crippen LogP contribution in [0.3, 0.4) is 0 Å². The fourth-order valence-corrected chi connectivity index (χ4v) is 2.53. The number of hydrogen-bond acceptors (Lipinski definition) is 1. The van der Waals surface area contributed by atoms with Crippen LogP contribution in [0.2, 0.25) is 0 Å². The highest BCUT2D eigenvalue weighted by Crippen LogP contribution is 2.22. The van der Waals surface area contributed by atoms with Gasteiger partial charge >= 0.3 is 0 Å². The number of benzene rings is 2. The normalized spacial score (nSPS) is 12.4. The molecule has 1 nitrogen and oxygen atoms in total. The van der Waals surface area contributed by atoms with Gasteiger partial charge in [0.05, 0.1) is 0 Å². The zero-order valence-electron chi connectivity index (χ0n) is 12.4. The minimum Gasteiger partial charge on any atom is -0.310 e. The predicted octanol–water partition coefficient (Wildman–Crippen LogP) is 4.34. The molecule has 0 radical (unpaired) electrons. The van der Waals surface area contributed by atoms with Crippen molar-refractivity contribution < 1.29 is 4.39 Å². The average molecular weight is 271 g/mol. The van der Waals surface area contributed by atoms with Crippen LogP contribution in [0.4, 0.5) is 4.39 Å². The summed E-state index contributed by atoms with van der Waals surface area (Å²) >= 11 is 0. The van der Waals surface area contributed by atoms with Gasteiger partial charge in [0, 0.05) is 6.04 Å². The highest BCUT2D eigenvalue weighted by atomic mass is 19.1. The fourth-order valence-electron chi connectivity index (χ4n) is 2.53. The average Bonchev–Trinajstić information content (AvgIpc) is 2.41. The van der Waals surface area contributed by atoms with Crippen molar-refractivity contribution in [2.45, 2.75) is 33.2 Å². The third-order valence-electron chi connectivity index (χ3n) is 3.62. The fraction of sp³-hybridized carbons (Fsp3) is 0.333. The lowest BCUT2D eigenvalue weighted by atomic mass is 9.95. The van der Waals surface area contributed by atoms with E-state index < -0.39 is 0 Å². The van der Waals surface area contributed by atoms with Crippen molar-refractivity contribution in [3.63, 3.8) is 0 Å². The van der Waals surface area contributed by atoms with Crippen molar-refractivity contribution in [3.05, 3.63) is 70.5 Å². The van der Waals surface area contributed by atoms with Crippen LogP contribution < -0.4 is 5.32 Å². The molecule has 2 rings (SSSR count). The summed E-state index contributed by atoms with van der Waals surface area (Å²) in [5.41, 5.74) is 4.74. The summed E-state index contributed by atoms with van der Waals surface area (Å²) in [4.78, 5) is 0. The van der Waals surface area contributed by atoms with Crippen LogP contribution in [-0.2, 0) is 6.42 Å². The summed E-state index contributed by atoms with van der Waals surface area (Å²) in [5.74, 6) is -0.170. The van der Waals surface area contributed by atoms with E-state index >= 15 is 0 Å². The zero-order valence-corrected chi connectivity index (χ0v) is 12.4. The maximum absolute atomic E-state index is 13.2. The van der Waals surface area contributed by atoms with Crippen LogP contribution in [0.5, 0.6) is 0 Å². The van der Waals surface area contributed by atoms with Crippen molar-refractivity contribution in [1.29, 1.82) is 0 Å². The molecule has 0 bridgehead atoms. The maximum Gasteiger partial charge on any atom is 0.123 e. The van der Waals surface area contributed by atoms with Gasteiger partial charge in [-0.25, -0.2) is 4.39 Å². The van der Waals surface area contributed by atoms with Crippen LogP contribution in [0.25, 0.3) is 0 Å². The predicted molar refractivity (Wildman–Crippen MR) is 82.4 cm³/mol. The Morgan fingerprint density at radius 2 is 1.75 bits per heavy atom. The molecular weight excluding hydrogens is 249 g/mol. The lowest BCUT2D eigenvalue weighted by Crippen LogP contribution is -2.23. The van der Waals surface area contributed by atoms with Gasteiger partial charge in [-0.2, -0.15) is 0 Å². The second-order valence-corrected chi connectivity index (χ2v) is 5.30. The molecule has 0 amide bonds. The van der Waals surface area contributed by atoms with Gasteiger partial charge < -0.3 is 5.32 Å². The zero-order chi connectivity index (χ0) is 14.5. The molecule has 0 heterocycles. The largest absolute Gasteiger partial charge is 0.310 e. The van der Waals surface area contributed by atoms with E-state index in [0.29, 0.717) is 0 Å². The van der Waals surface area contributed by atoms with Crippen molar-refractivity contribution in [2.75, 3.05) is 6.54 Å². The lowest BCUT2D eigenvalue weighted by molar-refractivity contribution is 0.544. The van der Waals surface area contributed by atoms with Gasteiger partial charge in [0.1, 0.15) is 5.82 Å². The molecule has 106 valence electrons. The van der Waals surface area contributed by atoms with Gasteiger partial charge in [-0.1, -0.05) is 42.8 Å². The van der Waals surface area contributed by atoms with Crippen molar-refractivity contribution in [2.24, 2.45) is 0 Å². The Hall–Kier alpha value is -1.67. The van der Waals surface area contributed by atoms with Gasteiger partial charge in [0.2, 0.25) is 0 Å². The molecule has 1 N–H and O–H groups in total. The summed E-state index contributed by atoms with van der Waals surface area (Å²) in [6, 6.07) is 13.9. The molecule has 0 saturated heterocycles. The number of rotatable bonds is 5. The van der Waals surface area contributed by atoms with Crippen LogP contribution in [0.1, 0.15) is 35.2 Å². The van der Waals surface area contributed by atoms with E-state index in [-0.39, 0.29) is 11.9 Å². The quantitative estimate of drug-likeness (QED) is 0.853. The Balaban J connectivity index is 2.24. The summed E-state index contributed by atoms with van der Waals surface area (Å²) < 4.78 is 13.2. The third-order valence-corrected chi connectivity index (χ3v) is 3.62. The first-order chi connectivity index (χ1) is 9.60. The first-order valence-corrected chi connectivity index (χ1v) is 7.15. The molecule has 20 heavy (non-hydrogen) atoms. The third kappa shape index (κ3) is 3.67. The van der Waals surface area contributed by atoms with Gasteiger partial charge in [-0.15, -0.1) is 0 Å². The molecule has 0 aliphatic heterocycles. The highest BCUT2D eigenvalue weighted by Gasteiger charge is 2.13. The van der Waals surface area contributed by atoms with Crippen molar-refractivity contribution in [3.8, 4) is 0 Å². The number of likely N-dealkylation sites (N-methyl/N-ethyl adjacent to an activating group) is 1. The van der Waals surface area contributed by atoms with E-state index in [4.69, 9.17) is 0 Å². The summed E-state index contributed by atoms with van der Waals surface area (Å²) in [5, 5.41) is 3.50. The van der Waals surface area contributed by atoms with Crippen molar-refractivity contribution >= 4 is 0 Å². The van der Waals surface area contributed by atoms with Crippen LogP contribution in [-0.4, -0.2) is 6.54 Å². The molecule has 0 fully saturated rings. The molecule has 1 atom stereocenters. The standard InChI is InChI=1S/C18H22FN/c1-4-20-18(12-15-7-5-13(2)6-8-15)17-10-9-16(19)11-14(17)3/h5-11,18,20H,4,12H2,1-3H3. The molecule has 0 spiro atoms. The van der Waals surface area contributed by atoms with Crippen LogP contribution >= 0.6 is 0 Å². The monoisotopic (exact) mass is 271 g/mol. The Bertz CT molecular complexity index is 560. The minimum absolute atomic E-state index is 0.170.